The lowest BCUT2D eigenvalue weighted by Crippen LogP contribution is -2.53. The molecule has 0 saturated heterocycles. The topological polar surface area (TPSA) is 114 Å². The summed E-state index contributed by atoms with van der Waals surface area (Å²) in [5.41, 5.74) is 1.56. The Kier molecular flexibility index (Phi) is 11.2. The van der Waals surface area contributed by atoms with Crippen LogP contribution in [0.1, 0.15) is 24.5 Å². The second-order valence-corrected chi connectivity index (χ2v) is 13.0. The van der Waals surface area contributed by atoms with Gasteiger partial charge in [-0.25, -0.2) is 12.8 Å². The van der Waals surface area contributed by atoms with Crippen molar-refractivity contribution < 1.29 is 36.6 Å². The van der Waals surface area contributed by atoms with Gasteiger partial charge in [0.1, 0.15) is 37.4 Å². The summed E-state index contributed by atoms with van der Waals surface area (Å²) in [6.45, 7) is 2.20. The van der Waals surface area contributed by atoms with Gasteiger partial charge in [0.2, 0.25) is 11.8 Å². The first-order chi connectivity index (χ1) is 23.2. The Bertz CT molecular complexity index is 1820. The lowest BCUT2D eigenvalue weighted by atomic mass is 10.0. The predicted molar refractivity (Wildman–Crippen MR) is 179 cm³/mol. The van der Waals surface area contributed by atoms with Gasteiger partial charge in [0.15, 0.2) is 11.5 Å². The molecule has 0 bridgehead atoms. The molecule has 1 N–H and O–H groups in total. The number of carbonyl (C=O) groups is 2. The van der Waals surface area contributed by atoms with Crippen LogP contribution in [0.4, 0.5) is 10.1 Å². The van der Waals surface area contributed by atoms with Crippen molar-refractivity contribution in [1.29, 1.82) is 0 Å². The summed E-state index contributed by atoms with van der Waals surface area (Å²) < 4.78 is 60.1. The molecule has 0 saturated carbocycles. The van der Waals surface area contributed by atoms with Crippen LogP contribution >= 0.6 is 0 Å². The highest BCUT2D eigenvalue weighted by Gasteiger charge is 2.35. The molecule has 5 rings (SSSR count). The largest absolute Gasteiger partial charge is 0.497 e. The maximum atomic E-state index is 14.6. The van der Waals surface area contributed by atoms with Crippen LogP contribution < -0.4 is 23.8 Å². The zero-order chi connectivity index (χ0) is 34.1. The number of carbonyl (C=O) groups excluding carboxylic acids is 2. The number of nitrogens with one attached hydrogen (secondary N) is 1. The summed E-state index contributed by atoms with van der Waals surface area (Å²) in [6.07, 6.45) is 0.858. The molecule has 4 aromatic carbocycles. The Morgan fingerprint density at radius 3 is 2.31 bits per heavy atom. The summed E-state index contributed by atoms with van der Waals surface area (Å²) >= 11 is 0. The molecule has 1 aliphatic rings. The second-order valence-electron chi connectivity index (χ2n) is 11.2. The zero-order valence-corrected chi connectivity index (χ0v) is 27.6. The van der Waals surface area contributed by atoms with Crippen LogP contribution in [0.3, 0.4) is 0 Å². The van der Waals surface area contributed by atoms with Crippen molar-refractivity contribution in [2.75, 3.05) is 37.7 Å². The lowest BCUT2D eigenvalue weighted by molar-refractivity contribution is -0.140. The first-order valence-corrected chi connectivity index (χ1v) is 17.1. The summed E-state index contributed by atoms with van der Waals surface area (Å²) in [5, 5.41) is 2.92. The van der Waals surface area contributed by atoms with Crippen molar-refractivity contribution in [2.45, 2.75) is 37.2 Å². The van der Waals surface area contributed by atoms with Gasteiger partial charge < -0.3 is 24.4 Å². The summed E-state index contributed by atoms with van der Waals surface area (Å²) in [5.74, 6) is -0.379. The number of hydrogen-bond acceptors (Lipinski definition) is 7. The molecule has 1 unspecified atom stereocenters. The van der Waals surface area contributed by atoms with E-state index < -0.39 is 34.3 Å². The van der Waals surface area contributed by atoms with E-state index in [2.05, 4.69) is 5.32 Å². The smallest absolute Gasteiger partial charge is 0.264 e. The Hall–Kier alpha value is -5.10. The number of fused-ring (bicyclic) bond motifs is 1. The summed E-state index contributed by atoms with van der Waals surface area (Å²) in [4.78, 5) is 29.6. The third kappa shape index (κ3) is 8.24. The van der Waals surface area contributed by atoms with Crippen LogP contribution in [0.25, 0.3) is 0 Å². The van der Waals surface area contributed by atoms with Gasteiger partial charge in [-0.15, -0.1) is 0 Å². The highest BCUT2D eigenvalue weighted by molar-refractivity contribution is 7.92. The number of halogens is 1. The third-order valence-corrected chi connectivity index (χ3v) is 9.57. The number of sulfonamides is 1. The maximum Gasteiger partial charge on any atom is 0.264 e. The van der Waals surface area contributed by atoms with Crippen LogP contribution in [0.15, 0.2) is 102 Å². The SMILES string of the molecule is CCCNC(=O)C(Cc1ccccc1)N(Cc1cccc(OC)c1)C(=O)CN(c1ccc(F)cc1)S(=O)(=O)c1ccc2c(c1)OCCO2. The van der Waals surface area contributed by atoms with Crippen molar-refractivity contribution in [1.82, 2.24) is 10.2 Å². The maximum absolute atomic E-state index is 14.6. The zero-order valence-electron chi connectivity index (χ0n) is 26.8. The van der Waals surface area contributed by atoms with Crippen molar-refractivity contribution in [3.8, 4) is 17.2 Å². The molecule has 252 valence electrons. The molecular formula is C36H38FN3O7S. The van der Waals surface area contributed by atoms with E-state index in [1.807, 2.05) is 37.3 Å². The lowest BCUT2D eigenvalue weighted by Gasteiger charge is -2.34. The highest BCUT2D eigenvalue weighted by atomic mass is 32.2. The van der Waals surface area contributed by atoms with E-state index in [4.69, 9.17) is 14.2 Å². The number of hydrogen-bond donors (Lipinski definition) is 1. The molecule has 1 atom stereocenters. The average Bonchev–Trinajstić information content (AvgIpc) is 3.11. The van der Waals surface area contributed by atoms with E-state index in [1.54, 1.807) is 24.3 Å². The minimum absolute atomic E-state index is 0.0194. The van der Waals surface area contributed by atoms with E-state index in [1.165, 1.54) is 42.3 Å². The minimum Gasteiger partial charge on any atom is -0.497 e. The van der Waals surface area contributed by atoms with Gasteiger partial charge in [-0.1, -0.05) is 49.4 Å². The Balaban J connectivity index is 1.57. The number of ether oxygens (including phenoxy) is 3. The molecule has 4 aromatic rings. The Morgan fingerprint density at radius 2 is 1.60 bits per heavy atom. The normalized spacial score (nSPS) is 12.9. The molecule has 1 aliphatic heterocycles. The molecular weight excluding hydrogens is 637 g/mol. The molecule has 1 heterocycles. The number of methoxy groups -OCH3 is 1. The van der Waals surface area contributed by atoms with Crippen LogP contribution in [-0.4, -0.2) is 64.6 Å². The molecule has 48 heavy (non-hydrogen) atoms. The van der Waals surface area contributed by atoms with Gasteiger partial charge in [0.05, 0.1) is 17.7 Å². The average molecular weight is 676 g/mol. The van der Waals surface area contributed by atoms with Gasteiger partial charge in [-0.05, 0) is 66.1 Å². The molecule has 0 aromatic heterocycles. The molecule has 0 spiro atoms. The fraction of sp³-hybridized carbons (Fsp3) is 0.278. The van der Waals surface area contributed by atoms with Gasteiger partial charge >= 0.3 is 0 Å². The van der Waals surface area contributed by atoms with Crippen LogP contribution in [0.5, 0.6) is 17.2 Å². The monoisotopic (exact) mass is 675 g/mol. The Labute approximate surface area is 280 Å². The molecule has 0 fully saturated rings. The van der Waals surface area contributed by atoms with E-state index in [9.17, 15) is 22.4 Å². The molecule has 12 heteroatoms. The predicted octanol–water partition coefficient (Wildman–Crippen LogP) is 4.97. The van der Waals surface area contributed by atoms with E-state index in [0.29, 0.717) is 36.6 Å². The van der Waals surface area contributed by atoms with Crippen molar-refractivity contribution in [2.24, 2.45) is 0 Å². The molecule has 0 radical (unpaired) electrons. The van der Waals surface area contributed by atoms with Gasteiger partial charge in [-0.3, -0.25) is 13.9 Å². The van der Waals surface area contributed by atoms with Crippen LogP contribution in [0.2, 0.25) is 0 Å². The number of nitrogens with zero attached hydrogens (tertiary/aromatic N) is 2. The quantitative estimate of drug-likeness (QED) is 0.201. The number of benzene rings is 4. The summed E-state index contributed by atoms with van der Waals surface area (Å²) in [6, 6.07) is 24.4. The van der Waals surface area contributed by atoms with Crippen molar-refractivity contribution in [3.05, 3.63) is 114 Å². The van der Waals surface area contributed by atoms with Gasteiger partial charge in [-0.2, -0.15) is 0 Å². The Morgan fingerprint density at radius 1 is 0.896 bits per heavy atom. The standard InChI is InChI=1S/C36H38FN3O7S/c1-3-18-38-36(42)32(22-26-8-5-4-6-9-26)39(24-27-10-7-11-30(21-27)45-2)35(41)25-40(29-14-12-28(37)13-15-29)48(43,44)31-16-17-33-34(23-31)47-20-19-46-33/h4-17,21,23,32H,3,18-20,22,24-25H2,1-2H3,(H,38,42). The van der Waals surface area contributed by atoms with Gasteiger partial charge in [0, 0.05) is 25.6 Å². The molecule has 10 nitrogen and oxygen atoms in total. The number of amides is 2. The molecule has 2 amide bonds. The van der Waals surface area contributed by atoms with E-state index in [-0.39, 0.29) is 41.8 Å². The number of anilines is 1. The summed E-state index contributed by atoms with van der Waals surface area (Å²) in [7, 11) is -2.89. The fourth-order valence-electron chi connectivity index (χ4n) is 5.33. The minimum atomic E-state index is -4.42. The molecule has 0 aliphatic carbocycles. The van der Waals surface area contributed by atoms with Crippen LogP contribution in [-0.2, 0) is 32.6 Å². The van der Waals surface area contributed by atoms with Crippen molar-refractivity contribution >= 4 is 27.5 Å². The third-order valence-electron chi connectivity index (χ3n) is 7.80. The van der Waals surface area contributed by atoms with E-state index in [0.717, 1.165) is 22.0 Å². The highest BCUT2D eigenvalue weighted by Crippen LogP contribution is 2.34. The fourth-order valence-corrected chi connectivity index (χ4v) is 6.77. The second kappa shape index (κ2) is 15.7. The first kappa shape index (κ1) is 34.2. The number of rotatable bonds is 14. The van der Waals surface area contributed by atoms with Gasteiger partial charge in [0.25, 0.3) is 10.0 Å². The van der Waals surface area contributed by atoms with Crippen LogP contribution in [0, 0.1) is 5.82 Å². The first-order valence-electron chi connectivity index (χ1n) is 15.6. The van der Waals surface area contributed by atoms with E-state index >= 15 is 0 Å². The van der Waals surface area contributed by atoms with Crippen molar-refractivity contribution in [3.63, 3.8) is 0 Å².